The molecule has 0 saturated carbocycles. The molecule has 100 valence electrons. The van der Waals surface area contributed by atoms with Crippen LogP contribution in [-0.4, -0.2) is 12.0 Å². The molecule has 0 aliphatic heterocycles. The number of alkyl halides is 3. The molecule has 0 bridgehead atoms. The molecule has 0 spiro atoms. The molecular weight excluding hydrogens is 255 g/mol. The van der Waals surface area contributed by atoms with Gasteiger partial charge in [-0.25, -0.2) is 4.98 Å². The summed E-state index contributed by atoms with van der Waals surface area (Å²) in [5, 5.41) is 0. The second-order valence-corrected chi connectivity index (χ2v) is 4.02. The first-order valence-electron chi connectivity index (χ1n) is 5.51. The van der Waals surface area contributed by atoms with E-state index in [1.54, 1.807) is 36.2 Å². The highest BCUT2D eigenvalue weighted by atomic mass is 19.4. The summed E-state index contributed by atoms with van der Waals surface area (Å²) in [4.78, 5) is 5.18. The molecule has 1 aromatic carbocycles. The first kappa shape index (κ1) is 13.2. The summed E-state index contributed by atoms with van der Waals surface area (Å²) in [7, 11) is 1.64. The monoisotopic (exact) mass is 267 g/mol. The summed E-state index contributed by atoms with van der Waals surface area (Å²) in [6.45, 7) is 0. The van der Waals surface area contributed by atoms with Crippen LogP contribution in [0.25, 0.3) is 0 Å². The SMILES string of the molecule is CN(c1ccccc1)c1cc(C(F)(F)F)cnc1N. The van der Waals surface area contributed by atoms with Crippen molar-refractivity contribution in [3.8, 4) is 0 Å². The molecule has 0 unspecified atom stereocenters. The smallest absolute Gasteiger partial charge is 0.382 e. The Labute approximate surface area is 108 Å². The van der Waals surface area contributed by atoms with Gasteiger partial charge in [-0.15, -0.1) is 0 Å². The molecule has 2 N–H and O–H groups in total. The van der Waals surface area contributed by atoms with Crippen molar-refractivity contribution in [3.05, 3.63) is 48.2 Å². The lowest BCUT2D eigenvalue weighted by atomic mass is 10.2. The first-order valence-corrected chi connectivity index (χ1v) is 5.51. The third kappa shape index (κ3) is 2.78. The van der Waals surface area contributed by atoms with Crippen LogP contribution in [0.3, 0.4) is 0 Å². The Morgan fingerprint density at radius 1 is 1.16 bits per heavy atom. The number of anilines is 3. The van der Waals surface area contributed by atoms with Gasteiger partial charge in [0, 0.05) is 18.9 Å². The van der Waals surface area contributed by atoms with Crippen molar-refractivity contribution in [2.24, 2.45) is 0 Å². The zero-order valence-electron chi connectivity index (χ0n) is 10.1. The second-order valence-electron chi connectivity index (χ2n) is 4.02. The largest absolute Gasteiger partial charge is 0.417 e. The van der Waals surface area contributed by atoms with Gasteiger partial charge in [0.15, 0.2) is 0 Å². The number of aromatic nitrogens is 1. The average Bonchev–Trinajstić information content (AvgIpc) is 2.38. The van der Waals surface area contributed by atoms with Crippen LogP contribution in [0.2, 0.25) is 0 Å². The van der Waals surface area contributed by atoms with E-state index in [9.17, 15) is 13.2 Å². The maximum absolute atomic E-state index is 12.7. The normalized spacial score (nSPS) is 11.4. The summed E-state index contributed by atoms with van der Waals surface area (Å²) in [5.41, 5.74) is 5.79. The van der Waals surface area contributed by atoms with Crippen LogP contribution >= 0.6 is 0 Å². The maximum Gasteiger partial charge on any atom is 0.417 e. The predicted molar refractivity (Wildman–Crippen MR) is 68.2 cm³/mol. The molecule has 0 amide bonds. The third-order valence-electron chi connectivity index (χ3n) is 2.73. The summed E-state index contributed by atoms with van der Waals surface area (Å²) < 4.78 is 38.0. The fourth-order valence-electron chi connectivity index (χ4n) is 1.68. The molecule has 0 aliphatic rings. The predicted octanol–water partition coefficient (Wildman–Crippen LogP) is 3.45. The molecule has 1 aromatic heterocycles. The van der Waals surface area contributed by atoms with Crippen molar-refractivity contribution in [2.45, 2.75) is 6.18 Å². The molecule has 6 heteroatoms. The standard InChI is InChI=1S/C13H12F3N3/c1-19(10-5-3-2-4-6-10)11-7-9(13(14,15)16)8-18-12(11)17/h2-8H,1H3,(H2,17,18). The van der Waals surface area contributed by atoms with Crippen LogP contribution in [0, 0.1) is 0 Å². The van der Waals surface area contributed by atoms with Crippen molar-refractivity contribution < 1.29 is 13.2 Å². The van der Waals surface area contributed by atoms with E-state index in [0.29, 0.717) is 0 Å². The Morgan fingerprint density at radius 3 is 2.37 bits per heavy atom. The van der Waals surface area contributed by atoms with Crippen LogP contribution in [-0.2, 0) is 6.18 Å². The number of rotatable bonds is 2. The molecule has 2 rings (SSSR count). The lowest BCUT2D eigenvalue weighted by Gasteiger charge is -2.21. The number of halogens is 3. The van der Waals surface area contributed by atoms with Gasteiger partial charge in [-0.1, -0.05) is 18.2 Å². The second kappa shape index (κ2) is 4.79. The molecule has 0 atom stereocenters. The van der Waals surface area contributed by atoms with E-state index in [-0.39, 0.29) is 11.5 Å². The van der Waals surface area contributed by atoms with Gasteiger partial charge < -0.3 is 10.6 Å². The van der Waals surface area contributed by atoms with Crippen molar-refractivity contribution in [2.75, 3.05) is 17.7 Å². The minimum Gasteiger partial charge on any atom is -0.382 e. The Bertz CT molecular complexity index is 567. The van der Waals surface area contributed by atoms with Crippen LogP contribution < -0.4 is 10.6 Å². The van der Waals surface area contributed by atoms with E-state index in [1.165, 1.54) is 0 Å². The van der Waals surface area contributed by atoms with E-state index >= 15 is 0 Å². The van der Waals surface area contributed by atoms with Crippen LogP contribution in [0.4, 0.5) is 30.4 Å². The van der Waals surface area contributed by atoms with Gasteiger partial charge in [0.1, 0.15) is 5.82 Å². The summed E-state index contributed by atoms with van der Waals surface area (Å²) in [6, 6.07) is 9.96. The van der Waals surface area contributed by atoms with Gasteiger partial charge in [-0.2, -0.15) is 13.2 Å². The topological polar surface area (TPSA) is 42.2 Å². The van der Waals surface area contributed by atoms with Gasteiger partial charge in [0.05, 0.1) is 11.3 Å². The summed E-state index contributed by atoms with van der Waals surface area (Å²) in [6.07, 6.45) is -3.70. The number of para-hydroxylation sites is 1. The highest BCUT2D eigenvalue weighted by molar-refractivity contribution is 5.72. The zero-order chi connectivity index (χ0) is 14.0. The minimum absolute atomic E-state index is 0.0550. The van der Waals surface area contributed by atoms with E-state index < -0.39 is 11.7 Å². The minimum atomic E-state index is -4.44. The number of pyridine rings is 1. The number of nitrogens with zero attached hydrogens (tertiary/aromatic N) is 2. The number of nitrogens with two attached hydrogens (primary N) is 1. The van der Waals surface area contributed by atoms with Crippen molar-refractivity contribution in [1.29, 1.82) is 0 Å². The average molecular weight is 267 g/mol. The highest BCUT2D eigenvalue weighted by Crippen LogP contribution is 2.34. The molecule has 0 radical (unpaired) electrons. The van der Waals surface area contributed by atoms with Crippen LogP contribution in [0.15, 0.2) is 42.6 Å². The number of benzene rings is 1. The lowest BCUT2D eigenvalue weighted by Crippen LogP contribution is -2.15. The van der Waals surface area contributed by atoms with Crippen molar-refractivity contribution in [1.82, 2.24) is 4.98 Å². The van der Waals surface area contributed by atoms with E-state index in [0.717, 1.165) is 18.0 Å². The van der Waals surface area contributed by atoms with Gasteiger partial charge in [-0.3, -0.25) is 0 Å². The summed E-state index contributed by atoms with van der Waals surface area (Å²) in [5.74, 6) is 0.0550. The maximum atomic E-state index is 12.7. The molecular formula is C13H12F3N3. The zero-order valence-corrected chi connectivity index (χ0v) is 10.1. The van der Waals surface area contributed by atoms with Crippen molar-refractivity contribution in [3.63, 3.8) is 0 Å². The van der Waals surface area contributed by atoms with Crippen LogP contribution in [0.5, 0.6) is 0 Å². The molecule has 1 heterocycles. The molecule has 19 heavy (non-hydrogen) atoms. The van der Waals surface area contributed by atoms with Gasteiger partial charge >= 0.3 is 6.18 Å². The third-order valence-corrected chi connectivity index (χ3v) is 2.73. The number of hydrogen-bond acceptors (Lipinski definition) is 3. The quantitative estimate of drug-likeness (QED) is 0.906. The highest BCUT2D eigenvalue weighted by Gasteiger charge is 2.32. The lowest BCUT2D eigenvalue weighted by molar-refractivity contribution is -0.137. The Hall–Kier alpha value is -2.24. The Balaban J connectivity index is 2.45. The van der Waals surface area contributed by atoms with Gasteiger partial charge in [0.25, 0.3) is 0 Å². The molecule has 0 saturated heterocycles. The number of nitrogen functional groups attached to an aromatic ring is 1. The number of hydrogen-bond donors (Lipinski definition) is 1. The summed E-state index contributed by atoms with van der Waals surface area (Å²) >= 11 is 0. The fraction of sp³-hybridized carbons (Fsp3) is 0.154. The van der Waals surface area contributed by atoms with E-state index in [1.807, 2.05) is 6.07 Å². The molecule has 0 fully saturated rings. The Kier molecular flexibility index (Phi) is 3.33. The van der Waals surface area contributed by atoms with E-state index in [4.69, 9.17) is 5.73 Å². The molecule has 3 nitrogen and oxygen atoms in total. The van der Waals surface area contributed by atoms with Gasteiger partial charge in [-0.05, 0) is 18.2 Å². The Morgan fingerprint density at radius 2 is 1.79 bits per heavy atom. The van der Waals surface area contributed by atoms with E-state index in [2.05, 4.69) is 4.98 Å². The van der Waals surface area contributed by atoms with Crippen molar-refractivity contribution >= 4 is 17.2 Å². The molecule has 0 aliphatic carbocycles. The van der Waals surface area contributed by atoms with Crippen LogP contribution in [0.1, 0.15) is 5.56 Å². The first-order chi connectivity index (χ1) is 8.89. The van der Waals surface area contributed by atoms with Gasteiger partial charge in [0.2, 0.25) is 0 Å². The fourth-order valence-corrected chi connectivity index (χ4v) is 1.68. The molecule has 2 aromatic rings.